The van der Waals surface area contributed by atoms with E-state index in [0.29, 0.717) is 5.69 Å². The van der Waals surface area contributed by atoms with Crippen molar-refractivity contribution in [3.63, 3.8) is 0 Å². The minimum atomic E-state index is -0.419. The number of nitro benzene ring substituents is 1. The highest BCUT2D eigenvalue weighted by atomic mass is 16.6. The molecule has 1 N–H and O–H groups in total. The van der Waals surface area contributed by atoms with Crippen molar-refractivity contribution in [2.24, 2.45) is 5.10 Å². The van der Waals surface area contributed by atoms with Gasteiger partial charge in [-0.1, -0.05) is 54.6 Å². The molecule has 0 aliphatic heterocycles. The fraction of sp³-hybridized carbons (Fsp3) is 0. The van der Waals surface area contributed by atoms with Gasteiger partial charge in [0.05, 0.1) is 16.3 Å². The molecule has 3 aromatic rings. The molecule has 0 aromatic heterocycles. The Morgan fingerprint density at radius 2 is 1.46 bits per heavy atom. The monoisotopic (exact) mass is 341 g/mol. The number of nitrogens with zero attached hydrogens (tertiary/aromatic N) is 2. The first-order valence-electron chi connectivity index (χ1n) is 8.17. The maximum absolute atomic E-state index is 10.7. The molecule has 0 spiro atoms. The van der Waals surface area contributed by atoms with Gasteiger partial charge in [-0.25, -0.2) is 0 Å². The largest absolute Gasteiger partial charge is 0.278 e. The van der Waals surface area contributed by atoms with E-state index < -0.39 is 4.92 Å². The maximum Gasteiger partial charge on any atom is 0.269 e. The van der Waals surface area contributed by atoms with E-state index in [1.807, 2.05) is 36.4 Å². The lowest BCUT2D eigenvalue weighted by Gasteiger charge is -2.05. The summed E-state index contributed by atoms with van der Waals surface area (Å²) in [7, 11) is 0. The minimum absolute atomic E-state index is 0.0562. The van der Waals surface area contributed by atoms with Crippen molar-refractivity contribution in [2.45, 2.75) is 0 Å². The summed E-state index contributed by atoms with van der Waals surface area (Å²) in [4.78, 5) is 10.3. The minimum Gasteiger partial charge on any atom is -0.278 e. The third-order valence-electron chi connectivity index (χ3n) is 4.24. The molecule has 126 valence electrons. The first-order chi connectivity index (χ1) is 12.7. The van der Waals surface area contributed by atoms with E-state index in [2.05, 4.69) is 34.8 Å². The van der Waals surface area contributed by atoms with E-state index in [-0.39, 0.29) is 5.69 Å². The Bertz CT molecular complexity index is 1020. The second-order valence-corrected chi connectivity index (χ2v) is 5.88. The highest BCUT2D eigenvalue weighted by molar-refractivity contribution is 6.21. The van der Waals surface area contributed by atoms with Gasteiger partial charge >= 0.3 is 0 Å². The molecule has 3 aromatic carbocycles. The van der Waals surface area contributed by atoms with E-state index in [0.717, 1.165) is 28.0 Å². The second kappa shape index (κ2) is 6.64. The summed E-state index contributed by atoms with van der Waals surface area (Å²) >= 11 is 0. The van der Waals surface area contributed by atoms with Gasteiger partial charge in [0, 0.05) is 17.7 Å². The summed E-state index contributed by atoms with van der Waals surface area (Å²) in [5, 5.41) is 15.2. The fourth-order valence-corrected chi connectivity index (χ4v) is 2.97. The van der Waals surface area contributed by atoms with Gasteiger partial charge in [0.25, 0.3) is 5.69 Å². The number of hydrogen-bond donors (Lipinski definition) is 1. The molecule has 0 bridgehead atoms. The van der Waals surface area contributed by atoms with Crippen LogP contribution in [0.5, 0.6) is 0 Å². The predicted octanol–water partition coefficient (Wildman–Crippen LogP) is 4.86. The van der Waals surface area contributed by atoms with Gasteiger partial charge in [-0.05, 0) is 34.9 Å². The van der Waals surface area contributed by atoms with Gasteiger partial charge in [0.2, 0.25) is 0 Å². The fourth-order valence-electron chi connectivity index (χ4n) is 2.97. The van der Waals surface area contributed by atoms with E-state index in [4.69, 9.17) is 0 Å². The Balaban J connectivity index is 1.66. The van der Waals surface area contributed by atoms with Crippen LogP contribution in [-0.4, -0.2) is 10.6 Å². The van der Waals surface area contributed by atoms with Gasteiger partial charge in [-0.2, -0.15) is 5.10 Å². The van der Waals surface area contributed by atoms with Crippen molar-refractivity contribution in [3.8, 4) is 0 Å². The summed E-state index contributed by atoms with van der Waals surface area (Å²) in [5.74, 6) is 0. The molecule has 0 unspecified atom stereocenters. The highest BCUT2D eigenvalue weighted by Crippen LogP contribution is 2.32. The van der Waals surface area contributed by atoms with Crippen LogP contribution in [0.3, 0.4) is 0 Å². The molecule has 0 saturated carbocycles. The van der Waals surface area contributed by atoms with Crippen LogP contribution in [-0.2, 0) is 0 Å². The third kappa shape index (κ3) is 2.98. The number of fused-ring (bicyclic) bond motifs is 1. The normalized spacial score (nSPS) is 14.0. The van der Waals surface area contributed by atoms with Gasteiger partial charge in [0.15, 0.2) is 0 Å². The predicted molar refractivity (Wildman–Crippen MR) is 103 cm³/mol. The topological polar surface area (TPSA) is 67.5 Å². The molecule has 0 fully saturated rings. The van der Waals surface area contributed by atoms with Gasteiger partial charge in [-0.15, -0.1) is 0 Å². The molecule has 5 nitrogen and oxygen atoms in total. The van der Waals surface area contributed by atoms with Crippen molar-refractivity contribution >= 4 is 22.7 Å². The smallest absolute Gasteiger partial charge is 0.269 e. The number of non-ortho nitro benzene ring substituents is 1. The first-order valence-corrected chi connectivity index (χ1v) is 8.17. The number of anilines is 1. The molecule has 1 aliphatic carbocycles. The number of rotatable bonds is 4. The number of nitrogens with one attached hydrogen (secondary N) is 1. The summed E-state index contributed by atoms with van der Waals surface area (Å²) in [6.45, 7) is 0. The van der Waals surface area contributed by atoms with Crippen molar-refractivity contribution in [2.75, 3.05) is 5.43 Å². The van der Waals surface area contributed by atoms with E-state index in [9.17, 15) is 10.1 Å². The lowest BCUT2D eigenvalue weighted by Crippen LogP contribution is -1.99. The zero-order valence-corrected chi connectivity index (χ0v) is 13.8. The number of hydrazone groups is 1. The summed E-state index contributed by atoms with van der Waals surface area (Å²) in [6, 6.07) is 24.5. The quantitative estimate of drug-likeness (QED) is 0.544. The maximum atomic E-state index is 10.7. The van der Waals surface area contributed by atoms with Gasteiger partial charge in [-0.3, -0.25) is 15.5 Å². The molecule has 0 heterocycles. The van der Waals surface area contributed by atoms with Crippen molar-refractivity contribution in [3.05, 3.63) is 112 Å². The standard InChI is InChI=1S/C21H15N3O2/c25-24(26)17-12-10-16(11-13-17)22-23-21-14-20(15-6-2-1-3-7-15)18-8-4-5-9-19(18)21/h1-14,22H/b23-21-. The number of nitro groups is 1. The van der Waals surface area contributed by atoms with Crippen molar-refractivity contribution in [1.82, 2.24) is 0 Å². The second-order valence-electron chi connectivity index (χ2n) is 5.88. The molecule has 1 aliphatic rings. The molecule has 5 heteroatoms. The Labute approximate surface area is 150 Å². The Hall–Kier alpha value is -3.73. The molecule has 0 radical (unpaired) electrons. The molecule has 26 heavy (non-hydrogen) atoms. The number of allylic oxidation sites excluding steroid dienone is 1. The Morgan fingerprint density at radius 3 is 2.15 bits per heavy atom. The average Bonchev–Trinajstić information content (AvgIpc) is 3.06. The van der Waals surface area contributed by atoms with E-state index in [1.54, 1.807) is 12.1 Å². The average molecular weight is 341 g/mol. The lowest BCUT2D eigenvalue weighted by atomic mass is 9.99. The molecular formula is C21H15N3O2. The number of benzene rings is 3. The molecular weight excluding hydrogens is 326 g/mol. The number of hydrogen-bond acceptors (Lipinski definition) is 4. The van der Waals surface area contributed by atoms with Crippen LogP contribution in [0.1, 0.15) is 16.7 Å². The van der Waals surface area contributed by atoms with Crippen LogP contribution in [0.2, 0.25) is 0 Å². The third-order valence-corrected chi connectivity index (χ3v) is 4.24. The van der Waals surface area contributed by atoms with Crippen molar-refractivity contribution < 1.29 is 4.92 Å². The van der Waals surface area contributed by atoms with E-state index >= 15 is 0 Å². The summed E-state index contributed by atoms with van der Waals surface area (Å²) in [5.41, 5.74) is 9.04. The van der Waals surface area contributed by atoms with Crippen LogP contribution in [0.25, 0.3) is 5.57 Å². The highest BCUT2D eigenvalue weighted by Gasteiger charge is 2.20. The van der Waals surface area contributed by atoms with Gasteiger partial charge in [0.1, 0.15) is 0 Å². The first kappa shape index (κ1) is 15.8. The molecule has 4 rings (SSSR count). The van der Waals surface area contributed by atoms with Crippen LogP contribution in [0, 0.1) is 10.1 Å². The molecule has 0 amide bonds. The van der Waals surface area contributed by atoms with Crippen LogP contribution < -0.4 is 5.43 Å². The molecule has 0 atom stereocenters. The zero-order valence-electron chi connectivity index (χ0n) is 13.8. The lowest BCUT2D eigenvalue weighted by molar-refractivity contribution is -0.384. The summed E-state index contributed by atoms with van der Waals surface area (Å²) < 4.78 is 0. The van der Waals surface area contributed by atoms with Crippen molar-refractivity contribution in [1.29, 1.82) is 0 Å². The molecule has 0 saturated heterocycles. The van der Waals surface area contributed by atoms with Crippen LogP contribution in [0.4, 0.5) is 11.4 Å². The Kier molecular flexibility index (Phi) is 4.03. The van der Waals surface area contributed by atoms with Crippen LogP contribution >= 0.6 is 0 Å². The van der Waals surface area contributed by atoms with E-state index in [1.165, 1.54) is 12.1 Å². The van der Waals surface area contributed by atoms with Gasteiger partial charge < -0.3 is 0 Å². The Morgan fingerprint density at radius 1 is 0.808 bits per heavy atom. The SMILES string of the molecule is O=[N+]([O-])c1ccc(N/N=C2/C=C(c3ccccc3)c3ccccc32)cc1. The van der Waals surface area contributed by atoms with Crippen LogP contribution in [0.15, 0.2) is 90.0 Å². The zero-order chi connectivity index (χ0) is 17.9. The summed E-state index contributed by atoms with van der Waals surface area (Å²) in [6.07, 6.45) is 2.05.